The summed E-state index contributed by atoms with van der Waals surface area (Å²) in [6.45, 7) is 2.02. The predicted molar refractivity (Wildman–Crippen MR) is 84.0 cm³/mol. The van der Waals surface area contributed by atoms with Gasteiger partial charge in [-0.05, 0) is 23.6 Å². The van der Waals surface area contributed by atoms with Crippen molar-refractivity contribution in [2.45, 2.75) is 26.3 Å². The summed E-state index contributed by atoms with van der Waals surface area (Å²) in [5, 5.41) is 11.5. The highest BCUT2D eigenvalue weighted by Crippen LogP contribution is 2.38. The predicted octanol–water partition coefficient (Wildman–Crippen LogP) is 1.83. The van der Waals surface area contributed by atoms with E-state index < -0.39 is 5.97 Å². The van der Waals surface area contributed by atoms with Gasteiger partial charge in [-0.2, -0.15) is 0 Å². The highest BCUT2D eigenvalue weighted by Gasteiger charge is 2.15. The van der Waals surface area contributed by atoms with Gasteiger partial charge in [0, 0.05) is 19.4 Å². The fourth-order valence-corrected chi connectivity index (χ4v) is 2.20. The van der Waals surface area contributed by atoms with Gasteiger partial charge in [0.25, 0.3) is 0 Å². The van der Waals surface area contributed by atoms with Crippen LogP contribution in [0.2, 0.25) is 0 Å². The lowest BCUT2D eigenvalue weighted by Gasteiger charge is -2.15. The molecule has 1 unspecified atom stereocenters. The number of carboxylic acids is 1. The van der Waals surface area contributed by atoms with E-state index in [0.717, 1.165) is 5.56 Å². The van der Waals surface area contributed by atoms with Crippen LogP contribution < -0.4 is 19.5 Å². The number of amides is 1. The third kappa shape index (κ3) is 5.69. The summed E-state index contributed by atoms with van der Waals surface area (Å²) >= 11 is 0. The van der Waals surface area contributed by atoms with E-state index >= 15 is 0 Å². The van der Waals surface area contributed by atoms with Crippen molar-refractivity contribution >= 4 is 11.9 Å². The number of ether oxygens (including phenoxy) is 3. The molecule has 0 aliphatic heterocycles. The maximum Gasteiger partial charge on any atom is 0.303 e. The van der Waals surface area contributed by atoms with Crippen LogP contribution in [0, 0.1) is 5.92 Å². The lowest BCUT2D eigenvalue weighted by atomic mass is 10.0. The van der Waals surface area contributed by atoms with E-state index in [4.69, 9.17) is 19.3 Å². The Morgan fingerprint density at radius 2 is 1.65 bits per heavy atom. The number of carbonyl (C=O) groups is 2. The zero-order valence-electron chi connectivity index (χ0n) is 13.8. The monoisotopic (exact) mass is 325 g/mol. The van der Waals surface area contributed by atoms with E-state index in [9.17, 15) is 9.59 Å². The van der Waals surface area contributed by atoms with Crippen LogP contribution in [0.5, 0.6) is 17.2 Å². The van der Waals surface area contributed by atoms with Gasteiger partial charge in [0.15, 0.2) is 11.5 Å². The van der Waals surface area contributed by atoms with E-state index in [1.165, 1.54) is 21.3 Å². The maximum atomic E-state index is 11.8. The van der Waals surface area contributed by atoms with Crippen molar-refractivity contribution in [3.8, 4) is 17.2 Å². The van der Waals surface area contributed by atoms with Crippen molar-refractivity contribution in [2.24, 2.45) is 5.92 Å². The maximum absolute atomic E-state index is 11.8. The molecule has 0 aliphatic carbocycles. The van der Waals surface area contributed by atoms with Gasteiger partial charge >= 0.3 is 5.97 Å². The topological polar surface area (TPSA) is 94.1 Å². The molecule has 0 saturated heterocycles. The molecule has 1 atom stereocenters. The Kier molecular flexibility index (Phi) is 7.18. The standard InChI is InChI=1S/C16H23NO6/c1-10(6-15(19)20)5-14(18)17-9-11-7-12(21-2)16(23-4)13(8-11)22-3/h7-8,10H,5-6,9H2,1-4H3,(H,17,18)(H,19,20). The first-order valence-corrected chi connectivity index (χ1v) is 7.18. The molecule has 0 saturated carbocycles. The van der Waals surface area contributed by atoms with E-state index in [-0.39, 0.29) is 31.2 Å². The van der Waals surface area contributed by atoms with Crippen LogP contribution in [0.3, 0.4) is 0 Å². The molecule has 0 heterocycles. The van der Waals surface area contributed by atoms with Gasteiger partial charge in [-0.3, -0.25) is 9.59 Å². The van der Waals surface area contributed by atoms with Gasteiger partial charge in [-0.25, -0.2) is 0 Å². The second-order valence-corrected chi connectivity index (χ2v) is 5.22. The minimum atomic E-state index is -0.907. The van der Waals surface area contributed by atoms with Crippen LogP contribution in [0.4, 0.5) is 0 Å². The average Bonchev–Trinajstić information content (AvgIpc) is 2.50. The first-order chi connectivity index (χ1) is 10.9. The number of benzene rings is 1. The third-order valence-electron chi connectivity index (χ3n) is 3.27. The van der Waals surface area contributed by atoms with Crippen LogP contribution in [0.15, 0.2) is 12.1 Å². The second kappa shape index (κ2) is 8.87. The van der Waals surface area contributed by atoms with Crippen LogP contribution in [-0.2, 0) is 16.1 Å². The van der Waals surface area contributed by atoms with Crippen molar-refractivity contribution < 1.29 is 28.9 Å². The van der Waals surface area contributed by atoms with Crippen molar-refractivity contribution in [3.63, 3.8) is 0 Å². The van der Waals surface area contributed by atoms with Gasteiger partial charge in [0.1, 0.15) is 0 Å². The minimum absolute atomic E-state index is 0.0302. The Morgan fingerprint density at radius 3 is 2.09 bits per heavy atom. The Balaban J connectivity index is 2.70. The number of rotatable bonds is 9. The van der Waals surface area contributed by atoms with Gasteiger partial charge in [0.2, 0.25) is 11.7 Å². The highest BCUT2D eigenvalue weighted by molar-refractivity contribution is 5.77. The van der Waals surface area contributed by atoms with Crippen molar-refractivity contribution in [1.29, 1.82) is 0 Å². The molecule has 7 heteroatoms. The summed E-state index contributed by atoms with van der Waals surface area (Å²) in [5.41, 5.74) is 0.790. The van der Waals surface area contributed by atoms with Gasteiger partial charge in [-0.15, -0.1) is 0 Å². The van der Waals surface area contributed by atoms with E-state index in [2.05, 4.69) is 5.32 Å². The molecule has 0 aromatic heterocycles. The fraction of sp³-hybridized carbons (Fsp3) is 0.500. The molecule has 0 fully saturated rings. The number of carbonyl (C=O) groups excluding carboxylic acids is 1. The Morgan fingerprint density at radius 1 is 1.09 bits per heavy atom. The number of carboxylic acid groups (broad SMARTS) is 1. The summed E-state index contributed by atoms with van der Waals surface area (Å²) in [4.78, 5) is 22.4. The molecule has 0 radical (unpaired) electrons. The summed E-state index contributed by atoms with van der Waals surface area (Å²) in [7, 11) is 4.56. The number of aliphatic carboxylic acids is 1. The fourth-order valence-electron chi connectivity index (χ4n) is 2.20. The summed E-state index contributed by atoms with van der Waals surface area (Å²) in [6, 6.07) is 3.50. The average molecular weight is 325 g/mol. The summed E-state index contributed by atoms with van der Waals surface area (Å²) in [5.74, 6) is 0.181. The molecule has 1 amide bonds. The van der Waals surface area contributed by atoms with E-state index in [0.29, 0.717) is 17.2 Å². The largest absolute Gasteiger partial charge is 0.493 e. The SMILES string of the molecule is COc1cc(CNC(=O)CC(C)CC(=O)O)cc(OC)c1OC. The van der Waals surface area contributed by atoms with Gasteiger partial charge < -0.3 is 24.6 Å². The van der Waals surface area contributed by atoms with Crippen LogP contribution in [-0.4, -0.2) is 38.3 Å². The molecule has 0 spiro atoms. The third-order valence-corrected chi connectivity index (χ3v) is 3.27. The molecule has 1 aromatic carbocycles. The first kappa shape index (κ1) is 18.6. The smallest absolute Gasteiger partial charge is 0.303 e. The lowest BCUT2D eigenvalue weighted by Crippen LogP contribution is -2.25. The quantitative estimate of drug-likeness (QED) is 0.719. The van der Waals surface area contributed by atoms with Gasteiger partial charge in [-0.1, -0.05) is 6.92 Å². The molecule has 23 heavy (non-hydrogen) atoms. The highest BCUT2D eigenvalue weighted by atomic mass is 16.5. The molecule has 1 aromatic rings. The van der Waals surface area contributed by atoms with E-state index in [1.807, 2.05) is 0 Å². The molecule has 0 aliphatic rings. The first-order valence-electron chi connectivity index (χ1n) is 7.18. The molecule has 128 valence electrons. The van der Waals surface area contributed by atoms with Crippen LogP contribution >= 0.6 is 0 Å². The Bertz CT molecular complexity index is 532. The van der Waals surface area contributed by atoms with Crippen molar-refractivity contribution in [1.82, 2.24) is 5.32 Å². The van der Waals surface area contributed by atoms with Gasteiger partial charge in [0.05, 0.1) is 21.3 Å². The number of hydrogen-bond acceptors (Lipinski definition) is 5. The normalized spacial score (nSPS) is 11.5. The molecule has 2 N–H and O–H groups in total. The lowest BCUT2D eigenvalue weighted by molar-refractivity contribution is -0.138. The molecule has 0 bridgehead atoms. The molecular weight excluding hydrogens is 302 g/mol. The van der Waals surface area contributed by atoms with Crippen LogP contribution in [0.1, 0.15) is 25.3 Å². The Hall–Kier alpha value is -2.44. The summed E-state index contributed by atoms with van der Waals surface area (Å²) < 4.78 is 15.7. The second-order valence-electron chi connectivity index (χ2n) is 5.22. The molecule has 1 rings (SSSR count). The summed E-state index contributed by atoms with van der Waals surface area (Å²) in [6.07, 6.45) is 0.133. The minimum Gasteiger partial charge on any atom is -0.493 e. The zero-order valence-corrected chi connectivity index (χ0v) is 13.8. The number of nitrogens with one attached hydrogen (secondary N) is 1. The molecule has 7 nitrogen and oxygen atoms in total. The number of hydrogen-bond donors (Lipinski definition) is 2. The Labute approximate surface area is 135 Å². The van der Waals surface area contributed by atoms with Crippen molar-refractivity contribution in [2.75, 3.05) is 21.3 Å². The number of methoxy groups -OCH3 is 3. The zero-order chi connectivity index (χ0) is 17.4. The van der Waals surface area contributed by atoms with E-state index in [1.54, 1.807) is 19.1 Å². The van der Waals surface area contributed by atoms with Crippen molar-refractivity contribution in [3.05, 3.63) is 17.7 Å². The molecular formula is C16H23NO6. The van der Waals surface area contributed by atoms with Crippen LogP contribution in [0.25, 0.3) is 0 Å².